The molecule has 25 heavy (non-hydrogen) atoms. The number of carbonyl (C=O) groups is 3. The first-order chi connectivity index (χ1) is 11.9. The van der Waals surface area contributed by atoms with Crippen LogP contribution in [0.25, 0.3) is 0 Å². The Morgan fingerprint density at radius 3 is 2.44 bits per heavy atom. The molecule has 0 aliphatic heterocycles. The second-order valence-electron chi connectivity index (χ2n) is 4.98. The standard InChI is InChI=1S/C17H22N2O6/c1-6-7-11-8-12(9-13(23-4)14(11)24-5)16(21)25-10(2)15(20)19-17(22)18-3/h6,8-10H,1,7H2,2-5H3,(H2,18,19,20,22). The van der Waals surface area contributed by atoms with Crippen molar-refractivity contribution in [1.29, 1.82) is 0 Å². The summed E-state index contributed by atoms with van der Waals surface area (Å²) in [6, 6.07) is 2.35. The molecule has 0 aliphatic rings. The third-order valence-corrected chi connectivity index (χ3v) is 3.27. The fraction of sp³-hybridized carbons (Fsp3) is 0.353. The summed E-state index contributed by atoms with van der Waals surface area (Å²) < 4.78 is 15.6. The third-order valence-electron chi connectivity index (χ3n) is 3.27. The number of benzene rings is 1. The van der Waals surface area contributed by atoms with Crippen molar-refractivity contribution in [2.75, 3.05) is 21.3 Å². The van der Waals surface area contributed by atoms with Gasteiger partial charge in [-0.2, -0.15) is 0 Å². The number of nitrogens with one attached hydrogen (secondary N) is 2. The van der Waals surface area contributed by atoms with E-state index in [0.717, 1.165) is 0 Å². The van der Waals surface area contributed by atoms with E-state index in [0.29, 0.717) is 23.5 Å². The SMILES string of the molecule is C=CCc1cc(C(=O)OC(C)C(=O)NC(=O)NC)cc(OC)c1OC. The van der Waals surface area contributed by atoms with Crippen molar-refractivity contribution in [2.45, 2.75) is 19.4 Å². The zero-order chi connectivity index (χ0) is 19.0. The predicted octanol–water partition coefficient (Wildman–Crippen LogP) is 1.43. The van der Waals surface area contributed by atoms with Gasteiger partial charge in [0.2, 0.25) is 0 Å². The maximum Gasteiger partial charge on any atom is 0.339 e. The molecular weight excluding hydrogens is 328 g/mol. The number of hydrogen-bond donors (Lipinski definition) is 2. The smallest absolute Gasteiger partial charge is 0.339 e. The molecule has 136 valence electrons. The second-order valence-corrected chi connectivity index (χ2v) is 4.98. The normalized spacial score (nSPS) is 11.0. The molecule has 1 aromatic rings. The molecule has 0 aliphatic carbocycles. The molecule has 0 aromatic heterocycles. The topological polar surface area (TPSA) is 103 Å². The Morgan fingerprint density at radius 1 is 1.24 bits per heavy atom. The van der Waals surface area contributed by atoms with E-state index in [2.05, 4.69) is 11.9 Å². The molecule has 1 rings (SSSR count). The van der Waals surface area contributed by atoms with E-state index in [-0.39, 0.29) is 5.56 Å². The molecule has 3 amide bonds. The number of esters is 1. The van der Waals surface area contributed by atoms with Crippen molar-refractivity contribution >= 4 is 17.9 Å². The van der Waals surface area contributed by atoms with E-state index in [1.165, 1.54) is 34.3 Å². The molecule has 8 nitrogen and oxygen atoms in total. The number of carbonyl (C=O) groups excluding carboxylic acids is 3. The fourth-order valence-electron chi connectivity index (χ4n) is 2.03. The van der Waals surface area contributed by atoms with Gasteiger partial charge in [0.25, 0.3) is 5.91 Å². The van der Waals surface area contributed by atoms with Crippen LogP contribution >= 0.6 is 0 Å². The van der Waals surface area contributed by atoms with Crippen LogP contribution in [0.3, 0.4) is 0 Å². The number of rotatable bonds is 7. The summed E-state index contributed by atoms with van der Waals surface area (Å²) in [7, 11) is 4.31. The van der Waals surface area contributed by atoms with E-state index >= 15 is 0 Å². The zero-order valence-electron chi connectivity index (χ0n) is 14.7. The quantitative estimate of drug-likeness (QED) is 0.570. The predicted molar refractivity (Wildman–Crippen MR) is 90.9 cm³/mol. The van der Waals surface area contributed by atoms with Crippen LogP contribution in [0.1, 0.15) is 22.8 Å². The number of urea groups is 1. The molecule has 0 radical (unpaired) electrons. The molecular formula is C17H22N2O6. The van der Waals surface area contributed by atoms with Crippen LogP contribution in [0.4, 0.5) is 4.79 Å². The lowest BCUT2D eigenvalue weighted by Gasteiger charge is -2.16. The van der Waals surface area contributed by atoms with E-state index in [9.17, 15) is 14.4 Å². The molecule has 0 bridgehead atoms. The average molecular weight is 350 g/mol. The van der Waals surface area contributed by atoms with E-state index < -0.39 is 24.0 Å². The van der Waals surface area contributed by atoms with Crippen molar-refractivity contribution in [1.82, 2.24) is 10.6 Å². The van der Waals surface area contributed by atoms with E-state index in [1.54, 1.807) is 12.1 Å². The van der Waals surface area contributed by atoms with E-state index in [1.807, 2.05) is 5.32 Å². The summed E-state index contributed by atoms with van der Waals surface area (Å²) in [5.41, 5.74) is 0.875. The first-order valence-electron chi connectivity index (χ1n) is 7.47. The number of hydrogen-bond acceptors (Lipinski definition) is 6. The van der Waals surface area contributed by atoms with Gasteiger partial charge in [-0.05, 0) is 25.5 Å². The van der Waals surface area contributed by atoms with Gasteiger partial charge in [-0.15, -0.1) is 6.58 Å². The molecule has 1 atom stereocenters. The van der Waals surface area contributed by atoms with Gasteiger partial charge in [0.15, 0.2) is 17.6 Å². The van der Waals surface area contributed by atoms with Crippen LogP contribution < -0.4 is 20.1 Å². The first-order valence-corrected chi connectivity index (χ1v) is 7.47. The van der Waals surface area contributed by atoms with Crippen molar-refractivity contribution < 1.29 is 28.6 Å². The maximum absolute atomic E-state index is 12.3. The highest BCUT2D eigenvalue weighted by molar-refractivity contribution is 5.98. The molecule has 2 N–H and O–H groups in total. The molecule has 8 heteroatoms. The molecule has 0 fully saturated rings. The molecule has 0 saturated carbocycles. The van der Waals surface area contributed by atoms with Gasteiger partial charge in [-0.1, -0.05) is 6.08 Å². The van der Waals surface area contributed by atoms with Crippen LogP contribution in [0, 0.1) is 0 Å². The van der Waals surface area contributed by atoms with Crippen LogP contribution in [0.5, 0.6) is 11.5 Å². The molecule has 0 spiro atoms. The Hall–Kier alpha value is -3.03. The third kappa shape index (κ3) is 5.23. The largest absolute Gasteiger partial charge is 0.493 e. The lowest BCUT2D eigenvalue weighted by atomic mass is 10.1. The van der Waals surface area contributed by atoms with Gasteiger partial charge in [-0.3, -0.25) is 10.1 Å². The van der Waals surface area contributed by atoms with Gasteiger partial charge < -0.3 is 19.5 Å². The Labute approximate surface area is 146 Å². The highest BCUT2D eigenvalue weighted by Crippen LogP contribution is 2.33. The Kier molecular flexibility index (Phi) is 7.45. The van der Waals surface area contributed by atoms with E-state index in [4.69, 9.17) is 14.2 Å². The highest BCUT2D eigenvalue weighted by atomic mass is 16.5. The van der Waals surface area contributed by atoms with Crippen LogP contribution in [0.15, 0.2) is 24.8 Å². The Morgan fingerprint density at radius 2 is 1.92 bits per heavy atom. The summed E-state index contributed by atoms with van der Waals surface area (Å²) in [6.45, 7) is 5.03. The van der Waals surface area contributed by atoms with Crippen LogP contribution in [0.2, 0.25) is 0 Å². The van der Waals surface area contributed by atoms with Gasteiger partial charge in [0.1, 0.15) is 0 Å². The van der Waals surface area contributed by atoms with Crippen molar-refractivity contribution in [3.05, 3.63) is 35.9 Å². The van der Waals surface area contributed by atoms with Gasteiger partial charge in [-0.25, -0.2) is 9.59 Å². The minimum absolute atomic E-state index is 0.189. The number of allylic oxidation sites excluding steroid dienone is 1. The first kappa shape index (κ1) is 20.0. The second kappa shape index (κ2) is 9.31. The molecule has 1 unspecified atom stereocenters. The lowest BCUT2D eigenvalue weighted by molar-refractivity contribution is -0.127. The summed E-state index contributed by atoms with van der Waals surface area (Å²) in [5.74, 6) is -0.620. The number of amides is 3. The van der Waals surface area contributed by atoms with Crippen LogP contribution in [-0.2, 0) is 16.0 Å². The summed E-state index contributed by atoms with van der Waals surface area (Å²) in [6.07, 6.45) is 0.958. The monoisotopic (exact) mass is 350 g/mol. The number of ether oxygens (including phenoxy) is 3. The molecule has 1 aromatic carbocycles. The average Bonchev–Trinajstić information content (AvgIpc) is 2.60. The fourth-order valence-corrected chi connectivity index (χ4v) is 2.03. The van der Waals surface area contributed by atoms with Crippen LogP contribution in [-0.4, -0.2) is 45.3 Å². The maximum atomic E-state index is 12.3. The number of methoxy groups -OCH3 is 2. The minimum atomic E-state index is -1.15. The summed E-state index contributed by atoms with van der Waals surface area (Å²) in [5, 5.41) is 4.27. The van der Waals surface area contributed by atoms with Gasteiger partial charge in [0.05, 0.1) is 19.8 Å². The highest BCUT2D eigenvalue weighted by Gasteiger charge is 2.22. The number of imide groups is 1. The lowest BCUT2D eigenvalue weighted by Crippen LogP contribution is -2.43. The Balaban J connectivity index is 3.01. The van der Waals surface area contributed by atoms with Crippen molar-refractivity contribution in [2.24, 2.45) is 0 Å². The van der Waals surface area contributed by atoms with Gasteiger partial charge >= 0.3 is 12.0 Å². The Bertz CT molecular complexity index is 671. The van der Waals surface area contributed by atoms with Crippen molar-refractivity contribution in [3.63, 3.8) is 0 Å². The molecule has 0 saturated heterocycles. The minimum Gasteiger partial charge on any atom is -0.493 e. The molecule has 0 heterocycles. The van der Waals surface area contributed by atoms with Gasteiger partial charge in [0, 0.05) is 12.6 Å². The summed E-state index contributed by atoms with van der Waals surface area (Å²) >= 11 is 0. The zero-order valence-corrected chi connectivity index (χ0v) is 14.7. The van der Waals surface area contributed by atoms with Crippen molar-refractivity contribution in [3.8, 4) is 11.5 Å². The summed E-state index contributed by atoms with van der Waals surface area (Å²) in [4.78, 5) is 35.2.